The fourth-order valence-corrected chi connectivity index (χ4v) is 2.08. The number of halogens is 1. The molecule has 1 rings (SSSR count). The van der Waals surface area contributed by atoms with E-state index in [-0.39, 0.29) is 18.8 Å². The Kier molecular flexibility index (Phi) is 6.51. The van der Waals surface area contributed by atoms with E-state index in [4.69, 9.17) is 4.74 Å². The van der Waals surface area contributed by atoms with Crippen LogP contribution in [0.4, 0.5) is 0 Å². The third-order valence-corrected chi connectivity index (χ3v) is 3.22. The van der Waals surface area contributed by atoms with Gasteiger partial charge in [-0.25, -0.2) is 0 Å². The molecule has 1 aromatic carbocycles. The van der Waals surface area contributed by atoms with Crippen molar-refractivity contribution in [3.63, 3.8) is 0 Å². The molecule has 0 spiro atoms. The van der Waals surface area contributed by atoms with Gasteiger partial charge in [-0.15, -0.1) is 0 Å². The molecule has 0 aromatic heterocycles. The molecule has 1 N–H and O–H groups in total. The van der Waals surface area contributed by atoms with E-state index in [1.54, 1.807) is 24.3 Å². The predicted octanol–water partition coefficient (Wildman–Crippen LogP) is 1.63. The van der Waals surface area contributed by atoms with Gasteiger partial charge in [0, 0.05) is 10.0 Å². The lowest BCUT2D eigenvalue weighted by atomic mass is 10.1. The Balaban J connectivity index is 2.39. The number of aliphatic hydroxyl groups excluding tert-OH is 1. The van der Waals surface area contributed by atoms with E-state index in [0.717, 1.165) is 4.47 Å². The van der Waals surface area contributed by atoms with Crippen LogP contribution in [-0.4, -0.2) is 61.7 Å². The largest absolute Gasteiger partial charge is 0.457 e. The third kappa shape index (κ3) is 7.36. The first-order valence-electron chi connectivity index (χ1n) is 6.60. The topological polar surface area (TPSA) is 63.6 Å². The molecule has 6 heteroatoms. The van der Waals surface area contributed by atoms with Crippen LogP contribution in [0.25, 0.3) is 0 Å². The van der Waals surface area contributed by atoms with Gasteiger partial charge in [-0.2, -0.15) is 0 Å². The van der Waals surface area contributed by atoms with Crippen molar-refractivity contribution in [1.82, 2.24) is 0 Å². The first-order valence-corrected chi connectivity index (χ1v) is 7.39. The molecule has 0 bridgehead atoms. The molecule has 1 aromatic rings. The average molecular weight is 359 g/mol. The van der Waals surface area contributed by atoms with Gasteiger partial charge in [0.1, 0.15) is 12.6 Å². The van der Waals surface area contributed by atoms with Gasteiger partial charge in [0.15, 0.2) is 12.4 Å². The van der Waals surface area contributed by atoms with Crippen LogP contribution in [0, 0.1) is 0 Å². The number of esters is 1. The molecule has 0 saturated carbocycles. The zero-order valence-corrected chi connectivity index (χ0v) is 14.1. The number of rotatable bonds is 7. The maximum atomic E-state index is 11.8. The van der Waals surface area contributed by atoms with Crippen molar-refractivity contribution in [3.8, 4) is 0 Å². The number of hydrogen-bond acceptors (Lipinski definition) is 4. The number of benzene rings is 1. The number of ether oxygens (including phenoxy) is 1. The second-order valence-electron chi connectivity index (χ2n) is 5.92. The number of likely N-dealkylation sites (N-methyl/N-ethyl adjacent to an activating group) is 1. The maximum Gasteiger partial charge on any atom is 0.309 e. The minimum Gasteiger partial charge on any atom is -0.457 e. The number of quaternary nitrogens is 1. The number of ketones is 1. The highest BCUT2D eigenvalue weighted by Crippen LogP contribution is 2.11. The fourth-order valence-electron chi connectivity index (χ4n) is 1.81. The summed E-state index contributed by atoms with van der Waals surface area (Å²) in [5, 5.41) is 9.76. The highest BCUT2D eigenvalue weighted by molar-refractivity contribution is 9.10. The van der Waals surface area contributed by atoms with Gasteiger partial charge in [-0.1, -0.05) is 28.1 Å². The molecule has 0 aliphatic rings. The Labute approximate surface area is 133 Å². The zero-order chi connectivity index (χ0) is 16.0. The minimum atomic E-state index is -0.778. The Hall–Kier alpha value is -1.24. The van der Waals surface area contributed by atoms with E-state index in [1.165, 1.54) is 0 Å². The van der Waals surface area contributed by atoms with Crippen molar-refractivity contribution in [2.75, 3.05) is 34.3 Å². The van der Waals surface area contributed by atoms with Crippen LogP contribution in [0.3, 0.4) is 0 Å². The normalized spacial score (nSPS) is 12.8. The van der Waals surface area contributed by atoms with E-state index >= 15 is 0 Å². The van der Waals surface area contributed by atoms with Crippen LogP contribution in [-0.2, 0) is 9.53 Å². The number of carbonyl (C=O) groups is 2. The number of nitrogens with zero attached hydrogens (tertiary/aromatic N) is 1. The molecule has 0 saturated heterocycles. The second-order valence-corrected chi connectivity index (χ2v) is 6.84. The first-order chi connectivity index (χ1) is 9.67. The van der Waals surface area contributed by atoms with Crippen molar-refractivity contribution in [2.24, 2.45) is 0 Å². The molecule has 0 heterocycles. The molecule has 0 unspecified atom stereocenters. The van der Waals surface area contributed by atoms with Gasteiger partial charge in [-0.05, 0) is 12.1 Å². The van der Waals surface area contributed by atoms with Crippen LogP contribution >= 0.6 is 15.9 Å². The van der Waals surface area contributed by atoms with Crippen LogP contribution in [0.15, 0.2) is 28.7 Å². The van der Waals surface area contributed by atoms with Crippen molar-refractivity contribution in [1.29, 1.82) is 0 Å². The maximum absolute atomic E-state index is 11.8. The van der Waals surface area contributed by atoms with Crippen LogP contribution in [0.5, 0.6) is 0 Å². The van der Waals surface area contributed by atoms with Crippen molar-refractivity contribution < 1.29 is 23.9 Å². The molecule has 0 fully saturated rings. The summed E-state index contributed by atoms with van der Waals surface area (Å²) >= 11 is 3.28. The molecular weight excluding hydrogens is 338 g/mol. The van der Waals surface area contributed by atoms with E-state index in [1.807, 2.05) is 21.1 Å². The van der Waals surface area contributed by atoms with Gasteiger partial charge in [0.05, 0.1) is 27.6 Å². The summed E-state index contributed by atoms with van der Waals surface area (Å²) in [5.41, 5.74) is 0.484. The monoisotopic (exact) mass is 358 g/mol. The third-order valence-electron chi connectivity index (χ3n) is 2.69. The first kappa shape index (κ1) is 17.8. The van der Waals surface area contributed by atoms with Crippen LogP contribution in [0.2, 0.25) is 0 Å². The lowest BCUT2D eigenvalue weighted by Gasteiger charge is -2.26. The van der Waals surface area contributed by atoms with Crippen molar-refractivity contribution >= 4 is 27.7 Å². The molecule has 5 nitrogen and oxygen atoms in total. The molecular formula is C15H21BrNO4+. The molecule has 0 aliphatic heterocycles. The molecule has 21 heavy (non-hydrogen) atoms. The summed E-state index contributed by atoms with van der Waals surface area (Å²) in [4.78, 5) is 23.4. The smallest absolute Gasteiger partial charge is 0.309 e. The quantitative estimate of drug-likeness (QED) is 0.457. The van der Waals surface area contributed by atoms with E-state index in [9.17, 15) is 14.7 Å². The zero-order valence-electron chi connectivity index (χ0n) is 12.5. The summed E-state index contributed by atoms with van der Waals surface area (Å²) in [7, 11) is 5.77. The van der Waals surface area contributed by atoms with E-state index in [2.05, 4.69) is 15.9 Å². The molecule has 0 radical (unpaired) electrons. The number of Topliss-reactive ketones (excluding diaryl/α,β-unsaturated/α-hetero) is 1. The molecule has 116 valence electrons. The molecule has 0 aliphatic carbocycles. The van der Waals surface area contributed by atoms with Crippen LogP contribution in [0.1, 0.15) is 16.8 Å². The van der Waals surface area contributed by atoms with Gasteiger partial charge in [0.2, 0.25) is 0 Å². The van der Waals surface area contributed by atoms with E-state index < -0.39 is 12.1 Å². The Morgan fingerprint density at radius 1 is 1.24 bits per heavy atom. The minimum absolute atomic E-state index is 0.108. The van der Waals surface area contributed by atoms with E-state index in [0.29, 0.717) is 16.6 Å². The standard InChI is InChI=1S/C15H21BrNO4/c1-17(2,3)9-13(18)8-15(20)21-10-14(19)11-4-6-12(16)7-5-11/h4-7,13,18H,8-10H2,1-3H3/q+1/t13-/m0/s1. The van der Waals surface area contributed by atoms with Gasteiger partial charge >= 0.3 is 5.97 Å². The van der Waals surface area contributed by atoms with Gasteiger partial charge in [-0.3, -0.25) is 9.59 Å². The lowest BCUT2D eigenvalue weighted by Crippen LogP contribution is -2.42. The molecule has 1 atom stereocenters. The number of hydrogen-bond donors (Lipinski definition) is 1. The summed E-state index contributed by atoms with van der Waals surface area (Å²) in [6.45, 7) is 0.132. The van der Waals surface area contributed by atoms with Crippen LogP contribution < -0.4 is 0 Å². The SMILES string of the molecule is C[N+](C)(C)C[C@@H](O)CC(=O)OCC(=O)c1ccc(Br)cc1. The summed E-state index contributed by atoms with van der Waals surface area (Å²) in [6, 6.07) is 6.82. The summed E-state index contributed by atoms with van der Waals surface area (Å²) < 4.78 is 6.33. The van der Waals surface area contributed by atoms with Crippen molar-refractivity contribution in [2.45, 2.75) is 12.5 Å². The Morgan fingerprint density at radius 3 is 2.33 bits per heavy atom. The van der Waals surface area contributed by atoms with Crippen molar-refractivity contribution in [3.05, 3.63) is 34.3 Å². The highest BCUT2D eigenvalue weighted by Gasteiger charge is 2.20. The van der Waals surface area contributed by atoms with Gasteiger partial charge < -0.3 is 14.3 Å². The van der Waals surface area contributed by atoms with Gasteiger partial charge in [0.25, 0.3) is 0 Å². The molecule has 0 amide bonds. The average Bonchev–Trinajstić information content (AvgIpc) is 2.34. The number of carbonyl (C=O) groups excluding carboxylic acids is 2. The summed E-state index contributed by atoms with van der Waals surface area (Å²) in [6.07, 6.45) is -0.886. The predicted molar refractivity (Wildman–Crippen MR) is 83.0 cm³/mol. The lowest BCUT2D eigenvalue weighted by molar-refractivity contribution is -0.873. The second kappa shape index (κ2) is 7.68. The summed E-state index contributed by atoms with van der Waals surface area (Å²) in [5.74, 6) is -0.835. The fraction of sp³-hybridized carbons (Fsp3) is 0.467. The Morgan fingerprint density at radius 2 is 1.81 bits per heavy atom. The number of aliphatic hydroxyl groups is 1. The highest BCUT2D eigenvalue weighted by atomic mass is 79.9. The Bertz CT molecular complexity index is 493.